The average molecular weight is 248 g/mol. The summed E-state index contributed by atoms with van der Waals surface area (Å²) in [5, 5.41) is 0. The second-order valence-electron chi connectivity index (χ2n) is 3.54. The van der Waals surface area contributed by atoms with Gasteiger partial charge in [0.15, 0.2) is 0 Å². The first kappa shape index (κ1) is 12.6. The summed E-state index contributed by atoms with van der Waals surface area (Å²) in [5.41, 5.74) is 5.38. The second-order valence-corrected chi connectivity index (χ2v) is 6.68. The highest BCUT2D eigenvalue weighted by atomic mass is 32.2. The van der Waals surface area contributed by atoms with Crippen molar-refractivity contribution in [3.05, 3.63) is 15.8 Å². The summed E-state index contributed by atoms with van der Waals surface area (Å²) in [5.74, 6) is 0. The van der Waals surface area contributed by atoms with E-state index < -0.39 is 10.0 Å². The highest BCUT2D eigenvalue weighted by Crippen LogP contribution is 2.24. The molecule has 1 heterocycles. The third kappa shape index (κ3) is 3.01. The number of nitrogens with two attached hydrogens (primary N) is 1. The largest absolute Gasteiger partial charge is 0.329 e. The molecule has 0 unspecified atom stereocenters. The average Bonchev–Trinajstić information content (AvgIpc) is 2.45. The lowest BCUT2D eigenvalue weighted by atomic mass is 10.4. The fourth-order valence-corrected chi connectivity index (χ4v) is 4.06. The zero-order valence-electron chi connectivity index (χ0n) is 9.07. The molecule has 0 saturated carbocycles. The zero-order chi connectivity index (χ0) is 11.6. The van der Waals surface area contributed by atoms with Gasteiger partial charge in [0.25, 0.3) is 0 Å². The van der Waals surface area contributed by atoms with Gasteiger partial charge in [0, 0.05) is 22.3 Å². The van der Waals surface area contributed by atoms with Crippen LogP contribution in [0, 0.1) is 13.8 Å². The predicted octanol–water partition coefficient (Wildman–Crippen LogP) is 0.990. The maximum Gasteiger partial charge on any atom is 0.241 e. The van der Waals surface area contributed by atoms with Gasteiger partial charge in [0.05, 0.1) is 4.90 Å². The van der Waals surface area contributed by atoms with Crippen LogP contribution in [0.15, 0.2) is 11.0 Å². The van der Waals surface area contributed by atoms with E-state index in [4.69, 9.17) is 5.73 Å². The van der Waals surface area contributed by atoms with Crippen molar-refractivity contribution < 1.29 is 8.42 Å². The molecule has 3 N–H and O–H groups in total. The predicted molar refractivity (Wildman–Crippen MR) is 62.6 cm³/mol. The van der Waals surface area contributed by atoms with Crippen molar-refractivity contribution in [2.45, 2.75) is 31.7 Å². The Balaban J connectivity index is 3.01. The summed E-state index contributed by atoms with van der Waals surface area (Å²) in [6.07, 6.45) is 0. The van der Waals surface area contributed by atoms with Gasteiger partial charge < -0.3 is 5.73 Å². The smallest absolute Gasteiger partial charge is 0.241 e. The molecule has 0 spiro atoms. The number of rotatable bonds is 4. The summed E-state index contributed by atoms with van der Waals surface area (Å²) < 4.78 is 26.3. The van der Waals surface area contributed by atoms with Crippen LogP contribution in [-0.4, -0.2) is 21.0 Å². The maximum atomic E-state index is 11.9. The zero-order valence-corrected chi connectivity index (χ0v) is 10.7. The van der Waals surface area contributed by atoms with Crippen LogP contribution in [0.3, 0.4) is 0 Å². The van der Waals surface area contributed by atoms with Crippen LogP contribution in [0.1, 0.15) is 16.7 Å². The van der Waals surface area contributed by atoms with E-state index in [1.807, 2.05) is 6.92 Å². The van der Waals surface area contributed by atoms with E-state index >= 15 is 0 Å². The summed E-state index contributed by atoms with van der Waals surface area (Å²) in [6, 6.07) is 1.44. The highest BCUT2D eigenvalue weighted by Gasteiger charge is 2.20. The van der Waals surface area contributed by atoms with E-state index in [2.05, 4.69) is 4.72 Å². The van der Waals surface area contributed by atoms with Crippen molar-refractivity contribution >= 4 is 21.4 Å². The molecule has 1 rings (SSSR count). The fourth-order valence-electron chi connectivity index (χ4n) is 1.25. The molecule has 1 atom stereocenters. The highest BCUT2D eigenvalue weighted by molar-refractivity contribution is 7.89. The van der Waals surface area contributed by atoms with E-state index in [0.717, 1.165) is 9.75 Å². The van der Waals surface area contributed by atoms with Crippen LogP contribution >= 0.6 is 11.3 Å². The topological polar surface area (TPSA) is 72.2 Å². The molecule has 0 aliphatic rings. The first-order chi connectivity index (χ1) is 6.86. The van der Waals surface area contributed by atoms with Crippen LogP contribution in [-0.2, 0) is 10.0 Å². The lowest BCUT2D eigenvalue weighted by Crippen LogP contribution is -2.37. The number of sulfonamides is 1. The molecule has 0 fully saturated rings. The van der Waals surface area contributed by atoms with Gasteiger partial charge >= 0.3 is 0 Å². The standard InChI is InChI=1S/C9H16N2O2S2/c1-6(5-10)11-15(12,13)9-4-7(2)14-8(9)3/h4,6,11H,5,10H2,1-3H3/t6-/m1/s1. The summed E-state index contributed by atoms with van der Waals surface area (Å²) in [4.78, 5) is 2.17. The Bertz CT molecular complexity index is 437. The lowest BCUT2D eigenvalue weighted by Gasteiger charge is -2.11. The van der Waals surface area contributed by atoms with E-state index in [1.165, 1.54) is 11.3 Å². The van der Waals surface area contributed by atoms with Crippen molar-refractivity contribution in [1.29, 1.82) is 0 Å². The van der Waals surface area contributed by atoms with E-state index in [0.29, 0.717) is 11.4 Å². The Morgan fingerprint density at radius 1 is 1.53 bits per heavy atom. The molecule has 0 bridgehead atoms. The van der Waals surface area contributed by atoms with Gasteiger partial charge in [-0.2, -0.15) is 0 Å². The van der Waals surface area contributed by atoms with Crippen molar-refractivity contribution in [2.24, 2.45) is 5.73 Å². The molecule has 6 heteroatoms. The van der Waals surface area contributed by atoms with E-state index in [-0.39, 0.29) is 6.04 Å². The molecule has 0 amide bonds. The molecular formula is C9H16N2O2S2. The van der Waals surface area contributed by atoms with Gasteiger partial charge in [-0.15, -0.1) is 11.3 Å². The van der Waals surface area contributed by atoms with Gasteiger partial charge in [-0.1, -0.05) is 0 Å². The fraction of sp³-hybridized carbons (Fsp3) is 0.556. The molecule has 4 nitrogen and oxygen atoms in total. The molecule has 0 radical (unpaired) electrons. The molecule has 0 aliphatic heterocycles. The number of hydrogen-bond acceptors (Lipinski definition) is 4. The number of hydrogen-bond donors (Lipinski definition) is 2. The van der Waals surface area contributed by atoms with Gasteiger partial charge in [0.1, 0.15) is 0 Å². The lowest BCUT2D eigenvalue weighted by molar-refractivity contribution is 0.562. The van der Waals surface area contributed by atoms with Crippen LogP contribution in [0.5, 0.6) is 0 Å². The SMILES string of the molecule is Cc1cc(S(=O)(=O)N[C@H](C)CN)c(C)s1. The molecule has 0 aromatic carbocycles. The van der Waals surface area contributed by atoms with Crippen LogP contribution < -0.4 is 10.5 Å². The van der Waals surface area contributed by atoms with Gasteiger partial charge in [-0.05, 0) is 26.8 Å². The normalized spacial score (nSPS) is 14.1. The first-order valence-corrected chi connectivity index (χ1v) is 6.96. The second kappa shape index (κ2) is 4.61. The molecule has 86 valence electrons. The number of thiophene rings is 1. The minimum Gasteiger partial charge on any atom is -0.329 e. The minimum absolute atomic E-state index is 0.241. The van der Waals surface area contributed by atoms with E-state index in [1.54, 1.807) is 19.9 Å². The van der Waals surface area contributed by atoms with Crippen molar-refractivity contribution in [3.63, 3.8) is 0 Å². The third-order valence-corrected chi connectivity index (χ3v) is 4.81. The van der Waals surface area contributed by atoms with Crippen molar-refractivity contribution in [2.75, 3.05) is 6.54 Å². The third-order valence-electron chi connectivity index (χ3n) is 1.99. The van der Waals surface area contributed by atoms with Crippen LogP contribution in [0.2, 0.25) is 0 Å². The molecule has 0 aliphatic carbocycles. The summed E-state index contributed by atoms with van der Waals surface area (Å²) >= 11 is 1.48. The molecule has 1 aromatic heterocycles. The first-order valence-electron chi connectivity index (χ1n) is 4.66. The molecule has 15 heavy (non-hydrogen) atoms. The monoisotopic (exact) mass is 248 g/mol. The molecule has 0 saturated heterocycles. The van der Waals surface area contributed by atoms with E-state index in [9.17, 15) is 8.42 Å². The summed E-state index contributed by atoms with van der Waals surface area (Å²) in [7, 11) is -3.40. The number of nitrogens with one attached hydrogen (secondary N) is 1. The van der Waals surface area contributed by atoms with Crippen molar-refractivity contribution in [1.82, 2.24) is 4.72 Å². The quantitative estimate of drug-likeness (QED) is 0.834. The Kier molecular flexibility index (Phi) is 3.88. The van der Waals surface area contributed by atoms with Crippen LogP contribution in [0.4, 0.5) is 0 Å². The summed E-state index contributed by atoms with van der Waals surface area (Å²) in [6.45, 7) is 5.73. The van der Waals surface area contributed by atoms with Gasteiger partial charge in [0.2, 0.25) is 10.0 Å². The van der Waals surface area contributed by atoms with Gasteiger partial charge in [-0.25, -0.2) is 13.1 Å². The van der Waals surface area contributed by atoms with Crippen LogP contribution in [0.25, 0.3) is 0 Å². The van der Waals surface area contributed by atoms with Crippen molar-refractivity contribution in [3.8, 4) is 0 Å². The molecular weight excluding hydrogens is 232 g/mol. The minimum atomic E-state index is -3.40. The maximum absolute atomic E-state index is 11.9. The molecule has 1 aromatic rings. The Morgan fingerprint density at radius 2 is 2.13 bits per heavy atom. The number of aryl methyl sites for hydroxylation is 2. The Morgan fingerprint density at radius 3 is 2.53 bits per heavy atom. The van der Waals surface area contributed by atoms with Gasteiger partial charge in [-0.3, -0.25) is 0 Å². The Hall–Kier alpha value is -0.430. The Labute approximate surface area is 94.5 Å².